The molecule has 0 bridgehead atoms. The lowest BCUT2D eigenvalue weighted by Crippen LogP contribution is -2.49. The van der Waals surface area contributed by atoms with Gasteiger partial charge in [-0.15, -0.1) is 0 Å². The van der Waals surface area contributed by atoms with Crippen molar-refractivity contribution >= 4 is 23.9 Å². The Morgan fingerprint density at radius 1 is 1.05 bits per heavy atom. The predicted octanol–water partition coefficient (Wildman–Crippen LogP) is 6.43. The van der Waals surface area contributed by atoms with E-state index in [1.54, 1.807) is 12.1 Å². The van der Waals surface area contributed by atoms with Gasteiger partial charge in [0.25, 0.3) is 5.91 Å². The van der Waals surface area contributed by atoms with Crippen LogP contribution in [0.5, 0.6) is 0 Å². The largest absolute Gasteiger partial charge is 0.481 e. The number of carboxylic acid groups (broad SMARTS) is 1. The van der Waals surface area contributed by atoms with Crippen molar-refractivity contribution in [1.29, 1.82) is 0 Å². The van der Waals surface area contributed by atoms with Gasteiger partial charge in [-0.1, -0.05) is 51.1 Å². The summed E-state index contributed by atoms with van der Waals surface area (Å²) < 4.78 is 0. The van der Waals surface area contributed by atoms with Gasteiger partial charge < -0.3 is 15.2 Å². The molecule has 220 valence electrons. The van der Waals surface area contributed by atoms with E-state index in [-0.39, 0.29) is 36.8 Å². The number of hydrogen-bond acceptors (Lipinski definition) is 5. The maximum absolute atomic E-state index is 12.4. The second kappa shape index (κ2) is 13.1. The van der Waals surface area contributed by atoms with Crippen LogP contribution in [0, 0.1) is 11.3 Å². The average molecular weight is 560 g/mol. The molecule has 1 atom stereocenters. The first-order valence-corrected chi connectivity index (χ1v) is 15.0. The van der Waals surface area contributed by atoms with Crippen molar-refractivity contribution in [2.24, 2.45) is 16.3 Å². The Morgan fingerprint density at radius 3 is 2.32 bits per heavy atom. The summed E-state index contributed by atoms with van der Waals surface area (Å²) >= 11 is 0. The van der Waals surface area contributed by atoms with Crippen molar-refractivity contribution in [2.75, 3.05) is 6.54 Å². The predicted molar refractivity (Wildman–Crippen MR) is 162 cm³/mol. The zero-order chi connectivity index (χ0) is 29.6. The van der Waals surface area contributed by atoms with Gasteiger partial charge >= 0.3 is 5.97 Å². The molecule has 7 heteroatoms. The molecular weight excluding hydrogens is 514 g/mol. The molecule has 2 saturated carbocycles. The van der Waals surface area contributed by atoms with E-state index >= 15 is 0 Å². The number of aliphatic imine (C=N–C) groups is 1. The fraction of sp³-hybridized carbons (Fsp3) is 0.529. The van der Waals surface area contributed by atoms with Crippen molar-refractivity contribution in [2.45, 2.75) is 96.7 Å². The van der Waals surface area contributed by atoms with Crippen LogP contribution in [0.2, 0.25) is 0 Å². The fourth-order valence-corrected chi connectivity index (χ4v) is 6.00. The third kappa shape index (κ3) is 8.35. The van der Waals surface area contributed by atoms with E-state index in [1.807, 2.05) is 12.1 Å². The van der Waals surface area contributed by atoms with E-state index < -0.39 is 11.6 Å². The van der Waals surface area contributed by atoms with Crippen molar-refractivity contribution in [1.82, 2.24) is 10.6 Å². The monoisotopic (exact) mass is 559 g/mol. The lowest BCUT2D eigenvalue weighted by Gasteiger charge is -2.44. The number of carbonyl (C=O) groups excluding carboxylic acids is 2. The zero-order valence-electron chi connectivity index (χ0n) is 24.9. The number of aliphatic carboxylic acids is 1. The number of aldehydes is 1. The number of benzene rings is 2. The molecule has 2 aliphatic rings. The number of nitrogens with zero attached hydrogens (tertiary/aromatic N) is 1. The van der Waals surface area contributed by atoms with Crippen LogP contribution in [0.4, 0.5) is 0 Å². The third-order valence-corrected chi connectivity index (χ3v) is 8.71. The molecule has 0 spiro atoms. The Balaban J connectivity index is 1.57. The summed E-state index contributed by atoms with van der Waals surface area (Å²) in [5.74, 6) is 0.00561. The minimum absolute atomic E-state index is 0.0377. The van der Waals surface area contributed by atoms with Gasteiger partial charge in [0.1, 0.15) is 11.9 Å². The normalized spacial score (nSPS) is 22.1. The molecule has 2 aliphatic carbocycles. The SMILES string of the molecule is CC(NC1(N=C(CC=O)c2cccc(C3CC3)c2)CCC(C(C)(C)C)CC1)c1ccc(C(=O)NCCC(=O)O)cc1. The smallest absolute Gasteiger partial charge is 0.305 e. The second-order valence-corrected chi connectivity index (χ2v) is 12.9. The van der Waals surface area contributed by atoms with Crippen molar-refractivity contribution < 1.29 is 19.5 Å². The Kier molecular flexibility index (Phi) is 9.80. The highest BCUT2D eigenvalue weighted by Gasteiger charge is 2.40. The maximum Gasteiger partial charge on any atom is 0.305 e. The summed E-state index contributed by atoms with van der Waals surface area (Å²) in [6.07, 6.45) is 7.45. The van der Waals surface area contributed by atoms with E-state index in [1.165, 1.54) is 18.4 Å². The van der Waals surface area contributed by atoms with Gasteiger partial charge in [0.15, 0.2) is 0 Å². The molecular formula is C34H45N3O4. The maximum atomic E-state index is 12.4. The Labute approximate surface area is 244 Å². The average Bonchev–Trinajstić information content (AvgIpc) is 3.78. The number of carboxylic acids is 1. The highest BCUT2D eigenvalue weighted by molar-refractivity contribution is 6.07. The number of hydrogen-bond donors (Lipinski definition) is 3. The van der Waals surface area contributed by atoms with Crippen LogP contribution in [-0.4, -0.2) is 41.2 Å². The number of nitrogens with one attached hydrogen (secondary N) is 2. The minimum atomic E-state index is -0.944. The van der Waals surface area contributed by atoms with Crippen molar-refractivity contribution in [3.63, 3.8) is 0 Å². The summed E-state index contributed by atoms with van der Waals surface area (Å²) in [6, 6.07) is 16.0. The minimum Gasteiger partial charge on any atom is -0.481 e. The van der Waals surface area contributed by atoms with Gasteiger partial charge in [0.05, 0.1) is 12.1 Å². The van der Waals surface area contributed by atoms with E-state index in [2.05, 4.69) is 62.6 Å². The van der Waals surface area contributed by atoms with Gasteiger partial charge in [-0.3, -0.25) is 19.9 Å². The van der Waals surface area contributed by atoms with Crippen LogP contribution in [-0.2, 0) is 9.59 Å². The van der Waals surface area contributed by atoms with Crippen molar-refractivity contribution in [3.8, 4) is 0 Å². The highest BCUT2D eigenvalue weighted by Crippen LogP contribution is 2.44. The van der Waals surface area contributed by atoms with Gasteiger partial charge in [-0.25, -0.2) is 0 Å². The lowest BCUT2D eigenvalue weighted by molar-refractivity contribution is -0.136. The van der Waals surface area contributed by atoms with Crippen LogP contribution < -0.4 is 10.6 Å². The van der Waals surface area contributed by atoms with Gasteiger partial charge in [-0.05, 0) is 97.6 Å². The first-order chi connectivity index (χ1) is 19.5. The number of rotatable bonds is 12. The van der Waals surface area contributed by atoms with E-state index in [9.17, 15) is 14.4 Å². The molecule has 0 saturated heterocycles. The molecule has 0 radical (unpaired) electrons. The van der Waals surface area contributed by atoms with Crippen LogP contribution in [0.3, 0.4) is 0 Å². The van der Waals surface area contributed by atoms with Gasteiger partial charge in [0.2, 0.25) is 0 Å². The summed E-state index contributed by atoms with van der Waals surface area (Å²) in [5, 5.41) is 15.3. The third-order valence-electron chi connectivity index (χ3n) is 8.71. The molecule has 4 rings (SSSR count). The first-order valence-electron chi connectivity index (χ1n) is 15.0. The number of carbonyl (C=O) groups is 3. The second-order valence-electron chi connectivity index (χ2n) is 12.9. The topological polar surface area (TPSA) is 108 Å². The molecule has 2 fully saturated rings. The molecule has 41 heavy (non-hydrogen) atoms. The molecule has 0 aliphatic heterocycles. The van der Waals surface area contributed by atoms with Gasteiger partial charge in [-0.2, -0.15) is 0 Å². The van der Waals surface area contributed by atoms with E-state index in [0.717, 1.165) is 48.8 Å². The van der Waals surface area contributed by atoms with Crippen LogP contribution in [0.15, 0.2) is 53.5 Å². The lowest BCUT2D eigenvalue weighted by atomic mass is 9.69. The Hall–Kier alpha value is -3.32. The molecule has 0 heterocycles. The first kappa shape index (κ1) is 30.6. The molecule has 3 N–H and O–H groups in total. The Morgan fingerprint density at radius 2 is 1.73 bits per heavy atom. The quantitative estimate of drug-likeness (QED) is 0.205. The van der Waals surface area contributed by atoms with Crippen LogP contribution in [0.25, 0.3) is 0 Å². The molecule has 1 unspecified atom stereocenters. The van der Waals surface area contributed by atoms with Crippen molar-refractivity contribution in [3.05, 3.63) is 70.8 Å². The van der Waals surface area contributed by atoms with Gasteiger partial charge in [0, 0.05) is 24.6 Å². The zero-order valence-corrected chi connectivity index (χ0v) is 24.9. The molecule has 1 amide bonds. The van der Waals surface area contributed by atoms with Crippen LogP contribution in [0.1, 0.15) is 118 Å². The molecule has 0 aromatic heterocycles. The molecule has 7 nitrogen and oxygen atoms in total. The fourth-order valence-electron chi connectivity index (χ4n) is 6.00. The summed E-state index contributed by atoms with van der Waals surface area (Å²) in [7, 11) is 0. The Bertz CT molecular complexity index is 1250. The van der Waals surface area contributed by atoms with Crippen LogP contribution >= 0.6 is 0 Å². The summed E-state index contributed by atoms with van der Waals surface area (Å²) in [6.45, 7) is 9.14. The number of amides is 1. The van der Waals surface area contributed by atoms with E-state index in [0.29, 0.717) is 17.4 Å². The standard InChI is InChI=1S/C34H45N3O4/c1-23(24-8-12-26(13-9-24)32(41)35-20-16-31(39)40)36-34(18-14-29(15-19-34)33(2,3)4)37-30(17-21-38)28-7-5-6-27(22-28)25-10-11-25/h5-9,12-13,21-23,25,29,36H,10-11,14-20H2,1-4H3,(H,35,41)(H,39,40). The highest BCUT2D eigenvalue weighted by atomic mass is 16.4. The molecule has 2 aromatic rings. The van der Waals surface area contributed by atoms with E-state index in [4.69, 9.17) is 10.1 Å². The molecule has 2 aromatic carbocycles. The summed E-state index contributed by atoms with van der Waals surface area (Å²) in [5.41, 5.74) is 4.46. The summed E-state index contributed by atoms with van der Waals surface area (Å²) in [4.78, 5) is 40.3.